The monoisotopic (exact) mass is 217 g/mol. The maximum absolute atomic E-state index is 5.99. The van der Waals surface area contributed by atoms with Crippen LogP contribution >= 0.6 is 23.2 Å². The van der Waals surface area contributed by atoms with Gasteiger partial charge >= 0.3 is 0 Å². The van der Waals surface area contributed by atoms with Crippen molar-refractivity contribution in [2.45, 2.75) is 0 Å². The first-order valence-corrected chi connectivity index (χ1v) is 4.59. The molecule has 0 aliphatic heterocycles. The van der Waals surface area contributed by atoms with Gasteiger partial charge in [0.05, 0.1) is 19.1 Å². The highest BCUT2D eigenvalue weighted by atomic mass is 35.5. The summed E-state index contributed by atoms with van der Waals surface area (Å²) in [6.45, 7) is 0. The number of hydrogen-bond donors (Lipinski definition) is 1. The predicted octanol–water partition coefficient (Wildman–Crippen LogP) is 2.51. The van der Waals surface area contributed by atoms with Crippen molar-refractivity contribution in [2.75, 3.05) is 14.1 Å². The van der Waals surface area contributed by atoms with Gasteiger partial charge < -0.3 is 0 Å². The largest absolute Gasteiger partial charge is 0.283 e. The minimum Gasteiger partial charge on any atom is -0.283 e. The summed E-state index contributed by atoms with van der Waals surface area (Å²) in [6, 6.07) is 5.40. The Labute approximate surface area is 87.8 Å². The fraction of sp³-hybridized carbons (Fsp3) is 0.222. The summed E-state index contributed by atoms with van der Waals surface area (Å²) in [6.07, 6.45) is 1.81. The van der Waals surface area contributed by atoms with Crippen LogP contribution in [-0.2, 0) is 0 Å². The summed E-state index contributed by atoms with van der Waals surface area (Å²) in [4.78, 5) is 0. The number of hydrogen-bond acceptors (Lipinski definition) is 0. The Morgan fingerprint density at radius 2 is 2.08 bits per heavy atom. The van der Waals surface area contributed by atoms with E-state index in [1.165, 1.54) is 0 Å². The molecule has 0 amide bonds. The second-order valence-electron chi connectivity index (χ2n) is 2.62. The maximum Gasteiger partial charge on any atom is 0.236 e. The molecule has 0 radical (unpaired) electrons. The molecule has 0 heterocycles. The van der Waals surface area contributed by atoms with E-state index in [9.17, 15) is 0 Å². The zero-order chi connectivity index (χ0) is 9.84. The third kappa shape index (κ3) is 2.61. The fourth-order valence-corrected chi connectivity index (χ4v) is 1.57. The van der Waals surface area contributed by atoms with E-state index in [1.54, 1.807) is 6.07 Å². The summed E-state index contributed by atoms with van der Waals surface area (Å²) in [5.74, 6) is 0. The summed E-state index contributed by atoms with van der Waals surface area (Å²) >= 11 is 11.8. The van der Waals surface area contributed by atoms with Crippen molar-refractivity contribution in [3.8, 4) is 0 Å². The van der Waals surface area contributed by atoms with E-state index in [-0.39, 0.29) is 0 Å². The van der Waals surface area contributed by atoms with Gasteiger partial charge in [-0.2, -0.15) is 0 Å². The normalized spacial score (nSPS) is 11.5. The first kappa shape index (κ1) is 10.4. The molecule has 1 N–H and O–H groups in total. The smallest absolute Gasteiger partial charge is 0.236 e. The van der Waals surface area contributed by atoms with Gasteiger partial charge in [0.2, 0.25) is 6.34 Å². The van der Waals surface area contributed by atoms with Gasteiger partial charge in [0.1, 0.15) is 5.69 Å². The van der Waals surface area contributed by atoms with Crippen LogP contribution in [0.25, 0.3) is 0 Å². The van der Waals surface area contributed by atoms with Crippen LogP contribution in [0.1, 0.15) is 0 Å². The third-order valence-electron chi connectivity index (χ3n) is 1.61. The quantitative estimate of drug-likeness (QED) is 0.458. The molecular weight excluding hydrogens is 207 g/mol. The van der Waals surface area contributed by atoms with Gasteiger partial charge in [0.25, 0.3) is 0 Å². The molecule has 0 spiro atoms. The van der Waals surface area contributed by atoms with Gasteiger partial charge in [-0.3, -0.25) is 5.32 Å². The van der Waals surface area contributed by atoms with E-state index in [4.69, 9.17) is 23.2 Å². The Bertz CT molecular complexity index is 334. The molecule has 0 bridgehead atoms. The third-order valence-corrected chi connectivity index (χ3v) is 2.15. The van der Waals surface area contributed by atoms with Gasteiger partial charge in [-0.1, -0.05) is 23.2 Å². The number of nitrogens with zero attached hydrogens (tertiary/aromatic N) is 1. The van der Waals surface area contributed by atoms with Crippen LogP contribution in [0.4, 0.5) is 5.69 Å². The average molecular weight is 218 g/mol. The Morgan fingerprint density at radius 3 is 2.62 bits per heavy atom. The zero-order valence-electron chi connectivity index (χ0n) is 7.51. The predicted molar refractivity (Wildman–Crippen MR) is 57.4 cm³/mol. The highest BCUT2D eigenvalue weighted by molar-refractivity contribution is 6.35. The highest BCUT2D eigenvalue weighted by Crippen LogP contribution is 2.26. The molecule has 70 valence electrons. The standard InChI is InChI=1S/C9H10Cl2N2/c1-12-6-13(2)9-4-3-7(10)5-8(9)11/h3-6H,1-2H3/p+1. The van der Waals surface area contributed by atoms with E-state index in [1.807, 2.05) is 37.1 Å². The van der Waals surface area contributed by atoms with Gasteiger partial charge in [-0.15, -0.1) is 0 Å². The lowest BCUT2D eigenvalue weighted by Crippen LogP contribution is -2.12. The average Bonchev–Trinajstić information content (AvgIpc) is 2.04. The Kier molecular flexibility index (Phi) is 3.58. The molecule has 0 aromatic heterocycles. The van der Waals surface area contributed by atoms with E-state index < -0.39 is 0 Å². The minimum absolute atomic E-state index is 0.640. The number of rotatable bonds is 2. The molecule has 2 nitrogen and oxygen atoms in total. The van der Waals surface area contributed by atoms with Crippen molar-refractivity contribution in [3.05, 3.63) is 28.2 Å². The van der Waals surface area contributed by atoms with Crippen LogP contribution in [0.3, 0.4) is 0 Å². The maximum atomic E-state index is 5.99. The Hall–Kier alpha value is -0.730. The molecule has 1 aromatic rings. The van der Waals surface area contributed by atoms with Crippen LogP contribution in [0.5, 0.6) is 0 Å². The number of benzene rings is 1. The molecule has 4 heteroatoms. The first-order chi connectivity index (χ1) is 6.15. The molecule has 0 aliphatic rings. The molecule has 0 saturated heterocycles. The van der Waals surface area contributed by atoms with Gasteiger partial charge in [-0.25, -0.2) is 4.58 Å². The molecule has 1 aromatic carbocycles. The summed E-state index contributed by atoms with van der Waals surface area (Å²) < 4.78 is 1.89. The molecular formula is C9H11Cl2N2+. The van der Waals surface area contributed by atoms with Crippen LogP contribution in [0.2, 0.25) is 10.0 Å². The number of nitrogens with one attached hydrogen (secondary N) is 1. The van der Waals surface area contributed by atoms with Crippen molar-refractivity contribution in [1.82, 2.24) is 5.32 Å². The second-order valence-corrected chi connectivity index (χ2v) is 3.47. The topological polar surface area (TPSA) is 15.0 Å². The van der Waals surface area contributed by atoms with Crippen molar-refractivity contribution >= 4 is 35.2 Å². The molecule has 0 fully saturated rings. The van der Waals surface area contributed by atoms with Gasteiger partial charge in [-0.05, 0) is 18.2 Å². The molecule has 13 heavy (non-hydrogen) atoms. The van der Waals surface area contributed by atoms with Crippen LogP contribution in [0.15, 0.2) is 18.2 Å². The van der Waals surface area contributed by atoms with Crippen molar-refractivity contribution in [2.24, 2.45) is 0 Å². The van der Waals surface area contributed by atoms with E-state index in [0.717, 1.165) is 5.69 Å². The summed E-state index contributed by atoms with van der Waals surface area (Å²) in [5.41, 5.74) is 0.917. The van der Waals surface area contributed by atoms with E-state index in [0.29, 0.717) is 10.0 Å². The minimum atomic E-state index is 0.640. The van der Waals surface area contributed by atoms with Gasteiger partial charge in [0.15, 0.2) is 0 Å². The SMILES string of the molecule is CNC=[N+](C)c1ccc(Cl)cc1Cl. The lowest BCUT2D eigenvalue weighted by Gasteiger charge is -2.02. The van der Waals surface area contributed by atoms with Gasteiger partial charge in [0, 0.05) is 5.02 Å². The van der Waals surface area contributed by atoms with Crippen molar-refractivity contribution in [1.29, 1.82) is 0 Å². The van der Waals surface area contributed by atoms with E-state index >= 15 is 0 Å². The molecule has 0 unspecified atom stereocenters. The van der Waals surface area contributed by atoms with E-state index in [2.05, 4.69) is 5.32 Å². The van der Waals surface area contributed by atoms with Crippen LogP contribution < -0.4 is 5.32 Å². The second kappa shape index (κ2) is 4.49. The molecule has 1 rings (SSSR count). The number of halogens is 2. The highest BCUT2D eigenvalue weighted by Gasteiger charge is 2.05. The summed E-state index contributed by atoms with van der Waals surface area (Å²) in [5, 5.41) is 4.20. The van der Waals surface area contributed by atoms with Crippen LogP contribution in [-0.4, -0.2) is 25.0 Å². The van der Waals surface area contributed by atoms with Crippen molar-refractivity contribution < 1.29 is 4.58 Å². The molecule has 0 atom stereocenters. The Balaban J connectivity index is 3.09. The summed E-state index contributed by atoms with van der Waals surface area (Å²) in [7, 11) is 3.74. The Morgan fingerprint density at radius 1 is 1.38 bits per heavy atom. The first-order valence-electron chi connectivity index (χ1n) is 3.83. The fourth-order valence-electron chi connectivity index (χ4n) is 1.03. The molecule has 0 saturated carbocycles. The zero-order valence-corrected chi connectivity index (χ0v) is 9.02. The lowest BCUT2D eigenvalue weighted by atomic mass is 10.3. The lowest BCUT2D eigenvalue weighted by molar-refractivity contribution is -0.401. The van der Waals surface area contributed by atoms with Crippen LogP contribution in [0, 0.1) is 0 Å². The molecule has 0 aliphatic carbocycles. The van der Waals surface area contributed by atoms with Crippen molar-refractivity contribution in [3.63, 3.8) is 0 Å².